The number of likely N-dealkylation sites (tertiary alicyclic amines) is 1. The molecule has 2 unspecified atom stereocenters. The van der Waals surface area contributed by atoms with E-state index in [1.54, 1.807) is 4.90 Å². The molecule has 2 amide bonds. The molecule has 0 saturated carbocycles. The van der Waals surface area contributed by atoms with E-state index in [-0.39, 0.29) is 18.6 Å². The molecule has 0 radical (unpaired) electrons. The van der Waals surface area contributed by atoms with Crippen molar-refractivity contribution in [3.05, 3.63) is 0 Å². The Hall–Kier alpha value is -1.30. The van der Waals surface area contributed by atoms with Gasteiger partial charge in [0.15, 0.2) is 6.29 Å². The van der Waals surface area contributed by atoms with Crippen LogP contribution in [0.5, 0.6) is 0 Å². The number of ether oxygens (including phenoxy) is 2. The molecule has 0 aromatic heterocycles. The van der Waals surface area contributed by atoms with E-state index in [0.29, 0.717) is 45.2 Å². The number of hydrogen-bond donors (Lipinski definition) is 5. The lowest BCUT2D eigenvalue weighted by molar-refractivity contribution is -0.270. The third kappa shape index (κ3) is 6.36. The van der Waals surface area contributed by atoms with Gasteiger partial charge in [-0.2, -0.15) is 0 Å². The highest BCUT2D eigenvalue weighted by atomic mass is 16.7. The summed E-state index contributed by atoms with van der Waals surface area (Å²) in [7, 11) is 0. The second-order valence-electron chi connectivity index (χ2n) is 7.37. The van der Waals surface area contributed by atoms with E-state index in [0.717, 1.165) is 0 Å². The molecule has 10 nitrogen and oxygen atoms in total. The van der Waals surface area contributed by atoms with Gasteiger partial charge in [0.25, 0.3) is 0 Å². The second kappa shape index (κ2) is 11.0. The van der Waals surface area contributed by atoms with Gasteiger partial charge in [-0.15, -0.1) is 0 Å². The summed E-state index contributed by atoms with van der Waals surface area (Å²) < 4.78 is 11.1. The van der Waals surface area contributed by atoms with Crippen molar-refractivity contribution < 1.29 is 39.5 Å². The van der Waals surface area contributed by atoms with Crippen molar-refractivity contribution in [1.82, 2.24) is 10.2 Å². The van der Waals surface area contributed by atoms with Crippen LogP contribution in [0.4, 0.5) is 0 Å². The number of aliphatic hydroxyl groups excluding tert-OH is 4. The van der Waals surface area contributed by atoms with Gasteiger partial charge in [-0.1, -0.05) is 0 Å². The Morgan fingerprint density at radius 1 is 1.14 bits per heavy atom. The van der Waals surface area contributed by atoms with Gasteiger partial charge < -0.3 is 40.1 Å². The second-order valence-corrected chi connectivity index (χ2v) is 7.37. The van der Waals surface area contributed by atoms with Crippen molar-refractivity contribution in [1.29, 1.82) is 0 Å². The molecule has 2 aliphatic heterocycles. The third-order valence-electron chi connectivity index (χ3n) is 5.14. The Labute approximate surface area is 164 Å². The van der Waals surface area contributed by atoms with E-state index in [1.807, 2.05) is 0 Å². The van der Waals surface area contributed by atoms with Crippen molar-refractivity contribution in [2.24, 2.45) is 0 Å². The summed E-state index contributed by atoms with van der Waals surface area (Å²) in [5.41, 5.74) is 0. The minimum Gasteiger partial charge on any atom is -0.394 e. The Balaban J connectivity index is 1.74. The molecule has 2 rings (SSSR count). The lowest BCUT2D eigenvalue weighted by Crippen LogP contribution is -2.64. The van der Waals surface area contributed by atoms with Gasteiger partial charge in [-0.3, -0.25) is 9.59 Å². The number of nitrogens with zero attached hydrogens (tertiary/aromatic N) is 1. The van der Waals surface area contributed by atoms with Crippen LogP contribution in [0.1, 0.15) is 39.0 Å². The summed E-state index contributed by atoms with van der Waals surface area (Å²) in [6, 6.07) is -0.961. The molecule has 28 heavy (non-hydrogen) atoms. The summed E-state index contributed by atoms with van der Waals surface area (Å²) in [5.74, 6) is -0.357. The van der Waals surface area contributed by atoms with Crippen molar-refractivity contribution in [3.63, 3.8) is 0 Å². The summed E-state index contributed by atoms with van der Waals surface area (Å²) in [6.07, 6.45) is -2.27. The Kier molecular flexibility index (Phi) is 9.06. The lowest BCUT2D eigenvalue weighted by Gasteiger charge is -2.42. The zero-order chi connectivity index (χ0) is 20.7. The van der Waals surface area contributed by atoms with Gasteiger partial charge in [-0.05, 0) is 25.7 Å². The SMILES string of the molecule is CC(=O)N[C@H]1C(O)[C@@H](O)C(CO)O[C@H]1OCCCCC(=O)N1CCC(O)CC1. The van der Waals surface area contributed by atoms with Gasteiger partial charge in [0.1, 0.15) is 24.4 Å². The standard InChI is InChI=1S/C18H32N2O8/c1-11(22)19-15-17(26)16(25)13(10-21)28-18(15)27-9-3-2-4-14(24)20-7-5-12(23)6-8-20/h12-13,15-18,21,23,25-26H,2-10H2,1H3,(H,19,22)/t13?,15-,16-,17?,18+/m0/s1. The fourth-order valence-electron chi connectivity index (χ4n) is 3.46. The van der Waals surface area contributed by atoms with Crippen molar-refractivity contribution >= 4 is 11.8 Å². The minimum atomic E-state index is -1.35. The number of piperidine rings is 1. The average Bonchev–Trinajstić information content (AvgIpc) is 2.66. The van der Waals surface area contributed by atoms with Crippen molar-refractivity contribution in [2.45, 2.75) is 75.8 Å². The summed E-state index contributed by atoms with van der Waals surface area (Å²) in [4.78, 5) is 25.3. The molecule has 162 valence electrons. The van der Waals surface area contributed by atoms with E-state index < -0.39 is 43.2 Å². The van der Waals surface area contributed by atoms with Crippen LogP contribution in [0, 0.1) is 0 Å². The first-order chi connectivity index (χ1) is 13.3. The zero-order valence-corrected chi connectivity index (χ0v) is 16.2. The first kappa shape index (κ1) is 23.0. The van der Waals surface area contributed by atoms with Crippen LogP contribution < -0.4 is 5.32 Å². The van der Waals surface area contributed by atoms with Crippen LogP contribution in [-0.2, 0) is 19.1 Å². The van der Waals surface area contributed by atoms with E-state index >= 15 is 0 Å². The molecule has 0 aliphatic carbocycles. The van der Waals surface area contributed by atoms with E-state index in [4.69, 9.17) is 9.47 Å². The summed E-state index contributed by atoms with van der Waals surface area (Å²) >= 11 is 0. The highest BCUT2D eigenvalue weighted by Gasteiger charge is 2.45. The molecule has 2 saturated heterocycles. The maximum atomic E-state index is 12.1. The topological polar surface area (TPSA) is 149 Å². The number of nitrogens with one attached hydrogen (secondary N) is 1. The molecular formula is C18H32N2O8. The molecule has 10 heteroatoms. The van der Waals surface area contributed by atoms with Crippen LogP contribution in [-0.4, -0.2) is 100 Å². The first-order valence-electron chi connectivity index (χ1n) is 9.80. The van der Waals surface area contributed by atoms with Crippen LogP contribution in [0.3, 0.4) is 0 Å². The van der Waals surface area contributed by atoms with Crippen LogP contribution in [0.15, 0.2) is 0 Å². The maximum Gasteiger partial charge on any atom is 0.222 e. The molecule has 2 heterocycles. The monoisotopic (exact) mass is 404 g/mol. The largest absolute Gasteiger partial charge is 0.394 e. The molecule has 5 N–H and O–H groups in total. The van der Waals surface area contributed by atoms with Gasteiger partial charge in [-0.25, -0.2) is 0 Å². The van der Waals surface area contributed by atoms with Crippen LogP contribution in [0.2, 0.25) is 0 Å². The van der Waals surface area contributed by atoms with Crippen LogP contribution >= 0.6 is 0 Å². The lowest BCUT2D eigenvalue weighted by atomic mass is 9.97. The Morgan fingerprint density at radius 3 is 2.43 bits per heavy atom. The molecule has 5 atom stereocenters. The van der Waals surface area contributed by atoms with Crippen LogP contribution in [0.25, 0.3) is 0 Å². The normalized spacial score (nSPS) is 31.6. The molecule has 2 fully saturated rings. The number of amides is 2. The quantitative estimate of drug-likeness (QED) is 0.295. The molecule has 0 aromatic carbocycles. The number of carbonyl (C=O) groups is 2. The first-order valence-corrected chi connectivity index (χ1v) is 9.80. The third-order valence-corrected chi connectivity index (χ3v) is 5.14. The predicted molar refractivity (Wildman–Crippen MR) is 97.0 cm³/mol. The Morgan fingerprint density at radius 2 is 1.82 bits per heavy atom. The number of hydrogen-bond acceptors (Lipinski definition) is 8. The number of carbonyl (C=O) groups excluding carboxylic acids is 2. The highest BCUT2D eigenvalue weighted by molar-refractivity contribution is 5.76. The molecule has 0 spiro atoms. The fourth-order valence-corrected chi connectivity index (χ4v) is 3.46. The molecule has 0 aromatic rings. The smallest absolute Gasteiger partial charge is 0.222 e. The molecule has 2 aliphatic rings. The highest BCUT2D eigenvalue weighted by Crippen LogP contribution is 2.22. The van der Waals surface area contributed by atoms with E-state index in [2.05, 4.69) is 5.32 Å². The van der Waals surface area contributed by atoms with Crippen molar-refractivity contribution in [3.8, 4) is 0 Å². The Bertz CT molecular complexity index is 512. The van der Waals surface area contributed by atoms with E-state index in [9.17, 15) is 30.0 Å². The van der Waals surface area contributed by atoms with Gasteiger partial charge in [0, 0.05) is 33.0 Å². The van der Waals surface area contributed by atoms with Gasteiger partial charge in [0.05, 0.1) is 12.7 Å². The molecular weight excluding hydrogens is 372 g/mol. The number of unbranched alkanes of at least 4 members (excludes halogenated alkanes) is 1. The fraction of sp³-hybridized carbons (Fsp3) is 0.889. The molecule has 0 bridgehead atoms. The summed E-state index contributed by atoms with van der Waals surface area (Å²) in [5, 5.41) is 41.4. The average molecular weight is 404 g/mol. The van der Waals surface area contributed by atoms with Crippen molar-refractivity contribution in [2.75, 3.05) is 26.3 Å². The van der Waals surface area contributed by atoms with Gasteiger partial charge in [0.2, 0.25) is 11.8 Å². The van der Waals surface area contributed by atoms with Gasteiger partial charge >= 0.3 is 0 Å². The summed E-state index contributed by atoms with van der Waals surface area (Å²) in [6.45, 7) is 2.16. The number of aliphatic hydroxyl groups is 4. The predicted octanol–water partition coefficient (Wildman–Crippen LogP) is -1.90. The maximum absolute atomic E-state index is 12.1. The number of rotatable bonds is 8. The minimum absolute atomic E-state index is 0.0517. The zero-order valence-electron chi connectivity index (χ0n) is 16.2. The van der Waals surface area contributed by atoms with E-state index in [1.165, 1.54) is 6.92 Å².